The first-order chi connectivity index (χ1) is 7.25. The molecule has 1 heterocycles. The molecule has 5 heteroatoms. The van der Waals surface area contributed by atoms with E-state index >= 15 is 0 Å². The molecule has 1 rings (SSSR count). The van der Waals surface area contributed by atoms with E-state index in [9.17, 15) is 4.79 Å². The maximum Gasteiger partial charge on any atom is 0.239 e. The number of ether oxygens (including phenoxy) is 1. The molecule has 0 aromatic carbocycles. The van der Waals surface area contributed by atoms with Crippen LogP contribution in [0.15, 0.2) is 0 Å². The molecule has 0 aromatic rings. The van der Waals surface area contributed by atoms with Crippen LogP contribution >= 0.6 is 11.8 Å². The second-order valence-electron chi connectivity index (χ2n) is 3.68. The average molecular weight is 232 g/mol. The smallest absolute Gasteiger partial charge is 0.239 e. The summed E-state index contributed by atoms with van der Waals surface area (Å²) in [5, 5.41) is 0. The fourth-order valence-corrected chi connectivity index (χ4v) is 2.06. The summed E-state index contributed by atoms with van der Waals surface area (Å²) in [4.78, 5) is 13.7. The van der Waals surface area contributed by atoms with Gasteiger partial charge in [-0.3, -0.25) is 4.79 Å². The zero-order valence-corrected chi connectivity index (χ0v) is 10.1. The first kappa shape index (κ1) is 12.8. The van der Waals surface area contributed by atoms with Gasteiger partial charge in [-0.2, -0.15) is 11.8 Å². The quantitative estimate of drug-likeness (QED) is 0.758. The highest BCUT2D eigenvalue weighted by Crippen LogP contribution is 2.05. The summed E-state index contributed by atoms with van der Waals surface area (Å²) in [6, 6.07) is -0.337. The Morgan fingerprint density at radius 2 is 2.33 bits per heavy atom. The van der Waals surface area contributed by atoms with Gasteiger partial charge in [-0.1, -0.05) is 0 Å². The van der Waals surface area contributed by atoms with Gasteiger partial charge in [-0.05, 0) is 24.9 Å². The van der Waals surface area contributed by atoms with E-state index in [1.54, 1.807) is 11.8 Å². The predicted molar refractivity (Wildman–Crippen MR) is 63.0 cm³/mol. The molecule has 0 aliphatic carbocycles. The summed E-state index contributed by atoms with van der Waals surface area (Å²) in [5.41, 5.74) is 5.84. The van der Waals surface area contributed by atoms with Crippen molar-refractivity contribution in [3.8, 4) is 0 Å². The maximum atomic E-state index is 11.9. The van der Waals surface area contributed by atoms with E-state index in [2.05, 4.69) is 0 Å². The number of carbonyl (C=O) groups excluding carboxylic acids is 1. The Bertz CT molecular complexity index is 194. The highest BCUT2D eigenvalue weighted by atomic mass is 32.2. The van der Waals surface area contributed by atoms with Crippen LogP contribution in [-0.4, -0.2) is 55.2 Å². The number of hydrogen-bond donors (Lipinski definition) is 1. The molecule has 2 N–H and O–H groups in total. The van der Waals surface area contributed by atoms with Crippen LogP contribution in [-0.2, 0) is 9.53 Å². The summed E-state index contributed by atoms with van der Waals surface area (Å²) in [7, 11) is 0. The molecule has 0 radical (unpaired) electrons. The third-order valence-corrected chi connectivity index (χ3v) is 3.13. The summed E-state index contributed by atoms with van der Waals surface area (Å²) >= 11 is 1.72. The van der Waals surface area contributed by atoms with Crippen molar-refractivity contribution >= 4 is 17.7 Å². The minimum Gasteiger partial charge on any atom is -0.380 e. The van der Waals surface area contributed by atoms with Gasteiger partial charge in [0.15, 0.2) is 0 Å². The standard InChI is InChI=1S/C10H20N2O2S/c1-15-8-3-9(11)10(13)12-4-2-6-14-7-5-12/h9H,2-8,11H2,1H3/t9-/m1/s1. The fourth-order valence-electron chi connectivity index (χ4n) is 1.57. The fraction of sp³-hybridized carbons (Fsp3) is 0.900. The van der Waals surface area contributed by atoms with Gasteiger partial charge in [-0.15, -0.1) is 0 Å². The van der Waals surface area contributed by atoms with Crippen molar-refractivity contribution in [3.63, 3.8) is 0 Å². The van der Waals surface area contributed by atoms with Crippen molar-refractivity contribution in [1.82, 2.24) is 4.90 Å². The molecule has 1 aliphatic rings. The van der Waals surface area contributed by atoms with E-state index in [1.807, 2.05) is 11.2 Å². The zero-order chi connectivity index (χ0) is 11.1. The molecule has 0 unspecified atom stereocenters. The Hall–Kier alpha value is -0.260. The number of hydrogen-bond acceptors (Lipinski definition) is 4. The van der Waals surface area contributed by atoms with Crippen LogP contribution in [0.25, 0.3) is 0 Å². The molecule has 15 heavy (non-hydrogen) atoms. The van der Waals surface area contributed by atoms with Crippen molar-refractivity contribution in [2.24, 2.45) is 5.73 Å². The lowest BCUT2D eigenvalue weighted by atomic mass is 10.2. The summed E-state index contributed by atoms with van der Waals surface area (Å²) in [5.74, 6) is 1.02. The Labute approximate surface area is 95.5 Å². The molecule has 0 aromatic heterocycles. The van der Waals surface area contributed by atoms with Gasteiger partial charge in [0, 0.05) is 19.7 Å². The van der Waals surface area contributed by atoms with E-state index < -0.39 is 0 Å². The minimum atomic E-state index is -0.337. The van der Waals surface area contributed by atoms with Gasteiger partial charge in [-0.25, -0.2) is 0 Å². The van der Waals surface area contributed by atoms with Gasteiger partial charge in [0.1, 0.15) is 0 Å². The van der Waals surface area contributed by atoms with E-state index in [0.29, 0.717) is 13.2 Å². The highest BCUT2D eigenvalue weighted by Gasteiger charge is 2.21. The van der Waals surface area contributed by atoms with Crippen LogP contribution < -0.4 is 5.73 Å². The minimum absolute atomic E-state index is 0.0783. The predicted octanol–water partition coefficient (Wildman–Crippen LogP) is 0.316. The van der Waals surface area contributed by atoms with Gasteiger partial charge in [0.25, 0.3) is 0 Å². The largest absolute Gasteiger partial charge is 0.380 e. The van der Waals surface area contributed by atoms with Crippen LogP contribution in [0.4, 0.5) is 0 Å². The maximum absolute atomic E-state index is 11.9. The first-order valence-corrected chi connectivity index (χ1v) is 6.76. The average Bonchev–Trinajstić information content (AvgIpc) is 2.53. The lowest BCUT2D eigenvalue weighted by Crippen LogP contribution is -2.45. The normalized spacial score (nSPS) is 19.7. The molecule has 88 valence electrons. The van der Waals surface area contributed by atoms with Crippen molar-refractivity contribution in [2.75, 3.05) is 38.3 Å². The second kappa shape index (κ2) is 7.09. The molecule has 0 saturated carbocycles. The summed E-state index contributed by atoms with van der Waals surface area (Å²) < 4.78 is 5.30. The van der Waals surface area contributed by atoms with Crippen molar-refractivity contribution < 1.29 is 9.53 Å². The lowest BCUT2D eigenvalue weighted by Gasteiger charge is -2.23. The number of rotatable bonds is 4. The van der Waals surface area contributed by atoms with Gasteiger partial charge < -0.3 is 15.4 Å². The topological polar surface area (TPSA) is 55.6 Å². The second-order valence-corrected chi connectivity index (χ2v) is 4.66. The van der Waals surface area contributed by atoms with E-state index in [4.69, 9.17) is 10.5 Å². The van der Waals surface area contributed by atoms with E-state index in [0.717, 1.165) is 31.7 Å². The third-order valence-electron chi connectivity index (χ3n) is 2.48. The van der Waals surface area contributed by atoms with E-state index in [-0.39, 0.29) is 11.9 Å². The number of thioether (sulfide) groups is 1. The highest BCUT2D eigenvalue weighted by molar-refractivity contribution is 7.98. The molecule has 4 nitrogen and oxygen atoms in total. The van der Waals surface area contributed by atoms with Gasteiger partial charge in [0.05, 0.1) is 12.6 Å². The summed E-state index contributed by atoms with van der Waals surface area (Å²) in [6.07, 6.45) is 3.70. The molecule has 1 saturated heterocycles. The van der Waals surface area contributed by atoms with Crippen molar-refractivity contribution in [2.45, 2.75) is 18.9 Å². The molecule has 1 fully saturated rings. The van der Waals surface area contributed by atoms with Crippen LogP contribution in [0.5, 0.6) is 0 Å². The molecular weight excluding hydrogens is 212 g/mol. The van der Waals surface area contributed by atoms with Crippen LogP contribution in [0.2, 0.25) is 0 Å². The number of carbonyl (C=O) groups is 1. The number of amides is 1. The molecule has 1 amide bonds. The third kappa shape index (κ3) is 4.40. The molecular formula is C10H20N2O2S. The first-order valence-electron chi connectivity index (χ1n) is 5.36. The van der Waals surface area contributed by atoms with Crippen molar-refractivity contribution in [3.05, 3.63) is 0 Å². The Kier molecular flexibility index (Phi) is 6.05. The molecule has 1 atom stereocenters. The van der Waals surface area contributed by atoms with Gasteiger partial charge >= 0.3 is 0 Å². The van der Waals surface area contributed by atoms with Crippen LogP contribution in [0.1, 0.15) is 12.8 Å². The molecule has 0 bridgehead atoms. The lowest BCUT2D eigenvalue weighted by molar-refractivity contribution is -0.132. The number of nitrogens with zero attached hydrogens (tertiary/aromatic N) is 1. The van der Waals surface area contributed by atoms with Gasteiger partial charge in [0.2, 0.25) is 5.91 Å². The molecule has 1 aliphatic heterocycles. The molecule has 0 spiro atoms. The zero-order valence-electron chi connectivity index (χ0n) is 9.28. The summed E-state index contributed by atoms with van der Waals surface area (Å²) in [6.45, 7) is 2.86. The SMILES string of the molecule is CSCC[C@@H](N)C(=O)N1CCCOCC1. The Balaban J connectivity index is 2.35. The Morgan fingerprint density at radius 3 is 3.07 bits per heavy atom. The van der Waals surface area contributed by atoms with Crippen molar-refractivity contribution in [1.29, 1.82) is 0 Å². The van der Waals surface area contributed by atoms with E-state index in [1.165, 1.54) is 0 Å². The Morgan fingerprint density at radius 1 is 1.53 bits per heavy atom. The number of nitrogens with two attached hydrogens (primary N) is 1. The van der Waals surface area contributed by atoms with Crippen LogP contribution in [0, 0.1) is 0 Å². The monoisotopic (exact) mass is 232 g/mol. The van der Waals surface area contributed by atoms with Crippen LogP contribution in [0.3, 0.4) is 0 Å².